The van der Waals surface area contributed by atoms with E-state index in [4.69, 9.17) is 5.73 Å². The number of nitrogens with two attached hydrogens (primary N) is 1. The number of hydrogen-bond acceptors (Lipinski definition) is 3. The van der Waals surface area contributed by atoms with E-state index in [0.29, 0.717) is 18.7 Å². The molecule has 0 spiro atoms. The number of carbonyl (C=O) groups excluding carboxylic acids is 1. The maximum absolute atomic E-state index is 13.1. The van der Waals surface area contributed by atoms with Crippen LogP contribution in [0.4, 0.5) is 4.39 Å². The number of amides is 1. The minimum atomic E-state index is -0.424. The van der Waals surface area contributed by atoms with Gasteiger partial charge >= 0.3 is 0 Å². The molecule has 2 heterocycles. The van der Waals surface area contributed by atoms with Gasteiger partial charge in [-0.2, -0.15) is 0 Å². The van der Waals surface area contributed by atoms with Crippen molar-refractivity contribution in [3.05, 3.63) is 71.8 Å². The van der Waals surface area contributed by atoms with Gasteiger partial charge in [0.1, 0.15) is 5.82 Å². The zero-order valence-electron chi connectivity index (χ0n) is 12.6. The van der Waals surface area contributed by atoms with Crippen LogP contribution in [0.1, 0.15) is 17.0 Å². The Morgan fingerprint density at radius 1 is 1.26 bits per heavy atom. The van der Waals surface area contributed by atoms with Gasteiger partial charge in [-0.1, -0.05) is 30.3 Å². The molecule has 4 nitrogen and oxygen atoms in total. The Hall–Kier alpha value is -2.53. The van der Waals surface area contributed by atoms with Crippen LogP contribution in [0.15, 0.2) is 54.9 Å². The average molecular weight is 311 g/mol. The molecule has 0 bridgehead atoms. The number of nitrogens with zero attached hydrogens (tertiary/aromatic N) is 2. The highest BCUT2D eigenvalue weighted by atomic mass is 19.1. The van der Waals surface area contributed by atoms with Crippen LogP contribution in [-0.2, 0) is 4.79 Å². The molecule has 2 N–H and O–H groups in total. The van der Waals surface area contributed by atoms with E-state index in [-0.39, 0.29) is 17.9 Å². The van der Waals surface area contributed by atoms with Crippen molar-refractivity contribution in [2.24, 2.45) is 5.73 Å². The number of aromatic nitrogens is 1. The minimum Gasteiger partial charge on any atom is -0.337 e. The lowest BCUT2D eigenvalue weighted by Crippen LogP contribution is -2.31. The number of rotatable bonds is 3. The molecule has 3 rings (SSSR count). The molecule has 0 unspecified atom stereocenters. The van der Waals surface area contributed by atoms with E-state index in [9.17, 15) is 9.18 Å². The molecule has 1 saturated heterocycles. The zero-order chi connectivity index (χ0) is 16.2. The van der Waals surface area contributed by atoms with Gasteiger partial charge in [-0.15, -0.1) is 0 Å². The summed E-state index contributed by atoms with van der Waals surface area (Å²) in [5.74, 6) is -0.403. The molecule has 1 amide bonds. The number of pyridine rings is 1. The first-order valence-corrected chi connectivity index (χ1v) is 7.51. The molecule has 1 fully saturated rings. The van der Waals surface area contributed by atoms with Gasteiger partial charge in [0, 0.05) is 37.3 Å². The molecule has 5 heteroatoms. The zero-order valence-corrected chi connectivity index (χ0v) is 12.6. The minimum absolute atomic E-state index is 0.0782. The van der Waals surface area contributed by atoms with Crippen LogP contribution in [0.5, 0.6) is 0 Å². The van der Waals surface area contributed by atoms with Crippen molar-refractivity contribution in [3.63, 3.8) is 0 Å². The predicted molar refractivity (Wildman–Crippen MR) is 87.0 cm³/mol. The fourth-order valence-corrected chi connectivity index (χ4v) is 2.85. The Morgan fingerprint density at radius 2 is 2.04 bits per heavy atom. The Morgan fingerprint density at radius 3 is 2.78 bits per heavy atom. The van der Waals surface area contributed by atoms with Gasteiger partial charge in [0.2, 0.25) is 5.91 Å². The summed E-state index contributed by atoms with van der Waals surface area (Å²) in [4.78, 5) is 17.8. The third-order valence-corrected chi connectivity index (χ3v) is 4.05. The number of hydrogen-bond donors (Lipinski definition) is 1. The van der Waals surface area contributed by atoms with Crippen LogP contribution in [-0.4, -0.2) is 34.9 Å². The van der Waals surface area contributed by atoms with Crippen molar-refractivity contribution in [1.29, 1.82) is 0 Å². The van der Waals surface area contributed by atoms with Gasteiger partial charge in [-0.05, 0) is 23.3 Å². The van der Waals surface area contributed by atoms with E-state index in [1.807, 2.05) is 30.3 Å². The number of carbonyl (C=O) groups is 1. The largest absolute Gasteiger partial charge is 0.337 e. The second kappa shape index (κ2) is 6.71. The first kappa shape index (κ1) is 15.4. The van der Waals surface area contributed by atoms with Gasteiger partial charge in [-0.3, -0.25) is 9.78 Å². The normalized spacial score (nSPS) is 21.0. The Balaban J connectivity index is 1.67. The molecule has 1 aliphatic heterocycles. The highest BCUT2D eigenvalue weighted by Gasteiger charge is 2.32. The molecule has 2 aromatic rings. The van der Waals surface area contributed by atoms with Gasteiger partial charge in [0.15, 0.2) is 0 Å². The summed E-state index contributed by atoms with van der Waals surface area (Å²) in [7, 11) is 0. The first-order valence-electron chi connectivity index (χ1n) is 7.51. The molecular formula is C18H18FN3O. The number of benzene rings is 1. The van der Waals surface area contributed by atoms with Crippen LogP contribution in [0.3, 0.4) is 0 Å². The second-order valence-corrected chi connectivity index (χ2v) is 5.69. The maximum Gasteiger partial charge on any atom is 0.246 e. The number of likely N-dealkylation sites (tertiary alicyclic amines) is 1. The van der Waals surface area contributed by atoms with E-state index in [0.717, 1.165) is 11.8 Å². The third-order valence-electron chi connectivity index (χ3n) is 4.05. The smallest absolute Gasteiger partial charge is 0.246 e. The lowest BCUT2D eigenvalue weighted by atomic mass is 9.95. The Labute approximate surface area is 134 Å². The fourth-order valence-electron chi connectivity index (χ4n) is 2.85. The van der Waals surface area contributed by atoms with E-state index in [1.54, 1.807) is 11.0 Å². The molecule has 0 aliphatic carbocycles. The summed E-state index contributed by atoms with van der Waals surface area (Å²) in [6, 6.07) is 11.2. The second-order valence-electron chi connectivity index (χ2n) is 5.69. The molecule has 1 aliphatic rings. The lowest BCUT2D eigenvalue weighted by molar-refractivity contribution is -0.125. The van der Waals surface area contributed by atoms with Crippen molar-refractivity contribution in [3.8, 4) is 0 Å². The van der Waals surface area contributed by atoms with Crippen LogP contribution in [0, 0.1) is 5.82 Å². The van der Waals surface area contributed by atoms with Crippen LogP contribution in [0.2, 0.25) is 0 Å². The molecule has 23 heavy (non-hydrogen) atoms. The molecule has 2 atom stereocenters. The van der Waals surface area contributed by atoms with E-state index < -0.39 is 5.82 Å². The average Bonchev–Trinajstić information content (AvgIpc) is 2.95. The third kappa shape index (κ3) is 3.63. The molecule has 0 saturated carbocycles. The van der Waals surface area contributed by atoms with Crippen molar-refractivity contribution >= 4 is 12.0 Å². The summed E-state index contributed by atoms with van der Waals surface area (Å²) in [5, 5.41) is 0. The highest BCUT2D eigenvalue weighted by molar-refractivity contribution is 5.92. The van der Waals surface area contributed by atoms with Crippen molar-refractivity contribution in [1.82, 2.24) is 9.88 Å². The summed E-state index contributed by atoms with van der Waals surface area (Å²) in [6.07, 6.45) is 5.65. The number of halogens is 1. The van der Waals surface area contributed by atoms with E-state index in [2.05, 4.69) is 4.98 Å². The predicted octanol–water partition coefficient (Wildman–Crippen LogP) is 2.19. The molecule has 1 aromatic heterocycles. The first-order chi connectivity index (χ1) is 11.1. The standard InChI is InChI=1S/C18H18FN3O/c19-15-8-13(9-21-10-15)6-7-18(23)22-11-16(17(20)12-22)14-4-2-1-3-5-14/h1-10,16-17H,11-12,20H2/b7-6+/t16-,17+/m0/s1. The maximum atomic E-state index is 13.1. The fraction of sp³-hybridized carbons (Fsp3) is 0.222. The van der Waals surface area contributed by atoms with Crippen molar-refractivity contribution < 1.29 is 9.18 Å². The monoisotopic (exact) mass is 311 g/mol. The van der Waals surface area contributed by atoms with Crippen LogP contribution in [0.25, 0.3) is 6.08 Å². The van der Waals surface area contributed by atoms with Crippen molar-refractivity contribution in [2.75, 3.05) is 13.1 Å². The highest BCUT2D eigenvalue weighted by Crippen LogP contribution is 2.26. The van der Waals surface area contributed by atoms with Gasteiger partial charge in [0.25, 0.3) is 0 Å². The summed E-state index contributed by atoms with van der Waals surface area (Å²) < 4.78 is 13.1. The summed E-state index contributed by atoms with van der Waals surface area (Å²) in [6.45, 7) is 1.11. The van der Waals surface area contributed by atoms with Gasteiger partial charge in [-0.25, -0.2) is 4.39 Å². The van der Waals surface area contributed by atoms with E-state index in [1.165, 1.54) is 18.3 Å². The van der Waals surface area contributed by atoms with Crippen LogP contribution >= 0.6 is 0 Å². The quantitative estimate of drug-likeness (QED) is 0.884. The van der Waals surface area contributed by atoms with E-state index >= 15 is 0 Å². The Bertz CT molecular complexity index is 717. The SMILES string of the molecule is N[C@@H]1CN(C(=O)/C=C/c2cncc(F)c2)C[C@H]1c1ccccc1. The topological polar surface area (TPSA) is 59.2 Å². The van der Waals surface area contributed by atoms with Gasteiger partial charge < -0.3 is 10.6 Å². The molecule has 118 valence electrons. The molecule has 1 aromatic carbocycles. The van der Waals surface area contributed by atoms with Gasteiger partial charge in [0.05, 0.1) is 6.20 Å². The summed E-state index contributed by atoms with van der Waals surface area (Å²) in [5.41, 5.74) is 7.89. The molecular weight excluding hydrogens is 293 g/mol. The van der Waals surface area contributed by atoms with Crippen molar-refractivity contribution in [2.45, 2.75) is 12.0 Å². The lowest BCUT2D eigenvalue weighted by Gasteiger charge is -2.14. The Kier molecular flexibility index (Phi) is 4.48. The summed E-state index contributed by atoms with van der Waals surface area (Å²) >= 11 is 0. The molecule has 0 radical (unpaired) electrons. The van der Waals surface area contributed by atoms with Crippen LogP contribution < -0.4 is 5.73 Å².